The van der Waals surface area contributed by atoms with Crippen molar-refractivity contribution in [2.24, 2.45) is 0 Å². The average molecular weight is 492 g/mol. The van der Waals surface area contributed by atoms with Gasteiger partial charge < -0.3 is 15.0 Å². The molecule has 1 aromatic heterocycles. The predicted octanol–water partition coefficient (Wildman–Crippen LogP) is 4.76. The monoisotopic (exact) mass is 490 g/mol. The van der Waals surface area contributed by atoms with E-state index < -0.39 is 0 Å². The van der Waals surface area contributed by atoms with Gasteiger partial charge in [-0.15, -0.1) is 0 Å². The lowest BCUT2D eigenvalue weighted by atomic mass is 10.0. The van der Waals surface area contributed by atoms with Gasteiger partial charge >= 0.3 is 0 Å². The summed E-state index contributed by atoms with van der Waals surface area (Å²) in [7, 11) is 4.02. The Morgan fingerprint density at radius 2 is 1.87 bits per heavy atom. The summed E-state index contributed by atoms with van der Waals surface area (Å²) in [6, 6.07) is 16.6. The summed E-state index contributed by atoms with van der Waals surface area (Å²) in [6.45, 7) is 1.05. The number of halogens is 2. The van der Waals surface area contributed by atoms with E-state index in [9.17, 15) is 4.79 Å². The molecular formula is C22H24BrClN4O2. The lowest BCUT2D eigenvalue weighted by Crippen LogP contribution is -2.31. The molecular weight excluding hydrogens is 468 g/mol. The Hall–Kier alpha value is -2.35. The summed E-state index contributed by atoms with van der Waals surface area (Å²) in [5.41, 5.74) is 1.35. The summed E-state index contributed by atoms with van der Waals surface area (Å²) < 4.78 is 8.27. The first-order valence-electron chi connectivity index (χ1n) is 9.53. The molecule has 0 aliphatic rings. The molecule has 3 rings (SSSR count). The molecule has 1 amide bonds. The number of ether oxygens (including phenoxy) is 1. The van der Waals surface area contributed by atoms with Crippen molar-refractivity contribution in [1.82, 2.24) is 20.0 Å². The van der Waals surface area contributed by atoms with Crippen LogP contribution in [-0.4, -0.2) is 41.2 Å². The van der Waals surface area contributed by atoms with E-state index in [2.05, 4.69) is 31.2 Å². The molecule has 0 radical (unpaired) electrons. The fourth-order valence-electron chi connectivity index (χ4n) is 2.86. The fourth-order valence-corrected chi connectivity index (χ4v) is 3.25. The first-order valence-corrected chi connectivity index (χ1v) is 10.7. The molecule has 0 saturated carbocycles. The van der Waals surface area contributed by atoms with E-state index in [4.69, 9.17) is 16.3 Å². The van der Waals surface area contributed by atoms with Crippen LogP contribution in [0.3, 0.4) is 0 Å². The first-order chi connectivity index (χ1) is 14.4. The van der Waals surface area contributed by atoms with Crippen molar-refractivity contribution in [3.63, 3.8) is 0 Å². The molecule has 30 heavy (non-hydrogen) atoms. The second-order valence-corrected chi connectivity index (χ2v) is 8.49. The molecule has 1 unspecified atom stereocenters. The normalized spacial score (nSPS) is 12.0. The molecule has 158 valence electrons. The standard InChI is InChI=1S/C22H24BrClN4O2/c1-27(2)13-11-20(16-3-7-18(24)8-4-16)25-22(29)21-12-14-28(26-21)15-30-19-9-5-17(23)6-10-19/h3-10,12,14,20H,11,13,15H2,1-2H3,(H,25,29). The van der Waals surface area contributed by atoms with Crippen LogP contribution in [0.2, 0.25) is 5.02 Å². The third kappa shape index (κ3) is 6.58. The minimum atomic E-state index is -0.226. The van der Waals surface area contributed by atoms with E-state index >= 15 is 0 Å². The maximum absolute atomic E-state index is 12.8. The van der Waals surface area contributed by atoms with Crippen LogP contribution in [0.15, 0.2) is 65.3 Å². The number of hydrogen-bond acceptors (Lipinski definition) is 4. The van der Waals surface area contributed by atoms with Gasteiger partial charge in [0.2, 0.25) is 0 Å². The predicted molar refractivity (Wildman–Crippen MR) is 122 cm³/mol. The van der Waals surface area contributed by atoms with E-state index in [0.29, 0.717) is 10.7 Å². The van der Waals surface area contributed by atoms with Crippen molar-refractivity contribution in [1.29, 1.82) is 0 Å². The molecule has 1 heterocycles. The fraction of sp³-hybridized carbons (Fsp3) is 0.273. The Labute approximate surface area is 189 Å². The molecule has 0 aliphatic carbocycles. The lowest BCUT2D eigenvalue weighted by Gasteiger charge is -2.21. The van der Waals surface area contributed by atoms with Crippen LogP contribution in [0.25, 0.3) is 0 Å². The van der Waals surface area contributed by atoms with Crippen LogP contribution in [0.1, 0.15) is 28.5 Å². The molecule has 3 aromatic rings. The molecule has 1 N–H and O–H groups in total. The number of benzene rings is 2. The summed E-state index contributed by atoms with van der Waals surface area (Å²) in [5.74, 6) is 0.502. The minimum Gasteiger partial charge on any atom is -0.471 e. The highest BCUT2D eigenvalue weighted by atomic mass is 79.9. The Morgan fingerprint density at radius 3 is 2.53 bits per heavy atom. The largest absolute Gasteiger partial charge is 0.471 e. The Bertz CT molecular complexity index is 958. The number of carbonyl (C=O) groups is 1. The van der Waals surface area contributed by atoms with Crippen molar-refractivity contribution in [2.45, 2.75) is 19.2 Å². The van der Waals surface area contributed by atoms with Gasteiger partial charge in [0.25, 0.3) is 5.91 Å². The number of carbonyl (C=O) groups excluding carboxylic acids is 1. The van der Waals surface area contributed by atoms with Crippen molar-refractivity contribution in [3.8, 4) is 5.75 Å². The minimum absolute atomic E-state index is 0.138. The second-order valence-electron chi connectivity index (χ2n) is 7.14. The van der Waals surface area contributed by atoms with E-state index in [1.807, 2.05) is 62.6 Å². The SMILES string of the molecule is CN(C)CCC(NC(=O)c1ccn(COc2ccc(Br)cc2)n1)c1ccc(Cl)cc1. The van der Waals surface area contributed by atoms with Gasteiger partial charge in [-0.25, -0.2) is 4.68 Å². The highest BCUT2D eigenvalue weighted by Gasteiger charge is 2.18. The second kappa shape index (κ2) is 10.6. The van der Waals surface area contributed by atoms with Gasteiger partial charge in [0.1, 0.15) is 11.4 Å². The summed E-state index contributed by atoms with van der Waals surface area (Å²) in [4.78, 5) is 14.9. The lowest BCUT2D eigenvalue weighted by molar-refractivity contribution is 0.0925. The van der Waals surface area contributed by atoms with Crippen LogP contribution in [0.4, 0.5) is 0 Å². The number of hydrogen-bond donors (Lipinski definition) is 1. The molecule has 0 saturated heterocycles. The van der Waals surface area contributed by atoms with Crippen LogP contribution >= 0.6 is 27.5 Å². The smallest absolute Gasteiger partial charge is 0.272 e. The summed E-state index contributed by atoms with van der Waals surface area (Å²) in [5, 5.41) is 8.09. The molecule has 0 bridgehead atoms. The number of nitrogens with zero attached hydrogens (tertiary/aromatic N) is 3. The number of nitrogens with one attached hydrogen (secondary N) is 1. The molecule has 0 spiro atoms. The van der Waals surface area contributed by atoms with Crippen molar-refractivity contribution in [3.05, 3.63) is 81.5 Å². The van der Waals surface area contributed by atoms with Crippen LogP contribution in [0, 0.1) is 0 Å². The van der Waals surface area contributed by atoms with Gasteiger partial charge in [0.15, 0.2) is 6.73 Å². The average Bonchev–Trinajstić information content (AvgIpc) is 3.20. The molecule has 2 aromatic carbocycles. The van der Waals surface area contributed by atoms with Crippen LogP contribution < -0.4 is 10.1 Å². The van der Waals surface area contributed by atoms with Crippen molar-refractivity contribution in [2.75, 3.05) is 20.6 Å². The highest BCUT2D eigenvalue weighted by molar-refractivity contribution is 9.10. The van der Waals surface area contributed by atoms with Crippen LogP contribution in [0.5, 0.6) is 5.75 Å². The van der Waals surface area contributed by atoms with Gasteiger partial charge in [0.05, 0.1) is 6.04 Å². The van der Waals surface area contributed by atoms with Gasteiger partial charge in [-0.3, -0.25) is 4.79 Å². The van der Waals surface area contributed by atoms with Crippen molar-refractivity contribution >= 4 is 33.4 Å². The Kier molecular flexibility index (Phi) is 7.90. The third-order valence-electron chi connectivity index (χ3n) is 4.49. The van der Waals surface area contributed by atoms with Gasteiger partial charge in [-0.1, -0.05) is 39.7 Å². The van der Waals surface area contributed by atoms with Crippen molar-refractivity contribution < 1.29 is 9.53 Å². The number of rotatable bonds is 9. The van der Waals surface area contributed by atoms with E-state index in [1.54, 1.807) is 16.9 Å². The maximum Gasteiger partial charge on any atom is 0.272 e. The topological polar surface area (TPSA) is 59.4 Å². The first kappa shape index (κ1) is 22.3. The van der Waals surface area contributed by atoms with E-state index in [1.165, 1.54) is 0 Å². The zero-order valence-corrected chi connectivity index (χ0v) is 19.2. The zero-order chi connectivity index (χ0) is 21.5. The third-order valence-corrected chi connectivity index (χ3v) is 5.27. The molecule has 1 atom stereocenters. The number of amides is 1. The molecule has 0 fully saturated rings. The molecule has 6 nitrogen and oxygen atoms in total. The molecule has 8 heteroatoms. The maximum atomic E-state index is 12.8. The quantitative estimate of drug-likeness (QED) is 0.469. The van der Waals surface area contributed by atoms with E-state index in [0.717, 1.165) is 28.8 Å². The molecule has 0 aliphatic heterocycles. The number of aromatic nitrogens is 2. The van der Waals surface area contributed by atoms with E-state index in [-0.39, 0.29) is 18.7 Å². The Morgan fingerprint density at radius 1 is 1.17 bits per heavy atom. The zero-order valence-electron chi connectivity index (χ0n) is 16.9. The summed E-state index contributed by atoms with van der Waals surface area (Å²) in [6.07, 6.45) is 2.50. The highest BCUT2D eigenvalue weighted by Crippen LogP contribution is 2.20. The van der Waals surface area contributed by atoms with Gasteiger partial charge in [0, 0.05) is 15.7 Å². The van der Waals surface area contributed by atoms with Gasteiger partial charge in [-0.2, -0.15) is 5.10 Å². The van der Waals surface area contributed by atoms with Crippen LogP contribution in [-0.2, 0) is 6.73 Å². The van der Waals surface area contributed by atoms with Gasteiger partial charge in [-0.05, 0) is 75.1 Å². The Balaban J connectivity index is 1.63. The summed E-state index contributed by atoms with van der Waals surface area (Å²) >= 11 is 9.40.